The van der Waals surface area contributed by atoms with Crippen molar-refractivity contribution in [3.63, 3.8) is 0 Å². The molecule has 1 unspecified atom stereocenters. The van der Waals surface area contributed by atoms with Crippen LogP contribution in [0.1, 0.15) is 12.0 Å². The third-order valence-corrected chi connectivity index (χ3v) is 4.13. The number of nitrogens with one attached hydrogen (secondary N) is 1. The summed E-state index contributed by atoms with van der Waals surface area (Å²) in [5.41, 5.74) is 0.573. The molecule has 1 aromatic heterocycles. The van der Waals surface area contributed by atoms with Gasteiger partial charge in [-0.2, -0.15) is 0 Å². The lowest BCUT2D eigenvalue weighted by atomic mass is 10.1. The summed E-state index contributed by atoms with van der Waals surface area (Å²) in [6, 6.07) is 7.42. The molecule has 3 rings (SSSR count). The van der Waals surface area contributed by atoms with Crippen LogP contribution in [0.25, 0.3) is 0 Å². The monoisotopic (exact) mass is 359 g/mol. The molecule has 1 saturated heterocycles. The van der Waals surface area contributed by atoms with Crippen molar-refractivity contribution in [3.05, 3.63) is 54.1 Å². The smallest absolute Gasteiger partial charge is 0.317 e. The van der Waals surface area contributed by atoms with Crippen LogP contribution in [-0.4, -0.2) is 40.1 Å². The average molecular weight is 359 g/mol. The molecular weight excluding hydrogens is 341 g/mol. The number of hydrogen-bond acceptors (Lipinski definition) is 4. The highest BCUT2D eigenvalue weighted by atomic mass is 19.1. The molecule has 7 nitrogen and oxygen atoms in total. The van der Waals surface area contributed by atoms with Crippen LogP contribution in [0.5, 0.6) is 11.5 Å². The molecule has 2 N–H and O–H groups in total. The maximum Gasteiger partial charge on any atom is 0.317 e. The van der Waals surface area contributed by atoms with Gasteiger partial charge in [0.1, 0.15) is 5.75 Å². The van der Waals surface area contributed by atoms with Gasteiger partial charge >= 0.3 is 12.0 Å². The number of halogens is 1. The number of amides is 2. The molecule has 0 saturated carbocycles. The van der Waals surface area contributed by atoms with E-state index in [1.165, 1.54) is 23.2 Å². The van der Waals surface area contributed by atoms with E-state index >= 15 is 0 Å². The van der Waals surface area contributed by atoms with E-state index < -0.39 is 17.7 Å². The van der Waals surface area contributed by atoms with Crippen LogP contribution in [0.3, 0.4) is 0 Å². The van der Waals surface area contributed by atoms with Crippen molar-refractivity contribution in [1.82, 2.24) is 15.2 Å². The molecule has 26 heavy (non-hydrogen) atoms. The number of nitrogens with zero attached hydrogens (tertiary/aromatic N) is 2. The van der Waals surface area contributed by atoms with Gasteiger partial charge in [0.05, 0.1) is 12.1 Å². The minimum absolute atomic E-state index is 0.0666. The number of carbonyl (C=O) groups is 2. The third kappa shape index (κ3) is 4.27. The van der Waals surface area contributed by atoms with Crippen molar-refractivity contribution in [2.24, 2.45) is 5.92 Å². The largest absolute Gasteiger partial charge is 0.481 e. The fourth-order valence-electron chi connectivity index (χ4n) is 2.71. The Hall–Kier alpha value is -3.16. The summed E-state index contributed by atoms with van der Waals surface area (Å²) in [6.45, 7) is 0.722. The Kier molecular flexibility index (Phi) is 5.31. The molecule has 1 atom stereocenters. The lowest BCUT2D eigenvalue weighted by molar-refractivity contribution is -0.141. The van der Waals surface area contributed by atoms with Gasteiger partial charge < -0.3 is 20.1 Å². The zero-order chi connectivity index (χ0) is 18.5. The van der Waals surface area contributed by atoms with E-state index in [0.717, 1.165) is 0 Å². The second kappa shape index (κ2) is 7.81. The first-order valence-corrected chi connectivity index (χ1v) is 8.15. The number of urea groups is 1. The maximum atomic E-state index is 14.2. The standard InChI is InChI=1S/C18H18FN3O4/c19-15-8-12(3-4-16(15)26-14-2-1-6-20-10-14)9-21-18(25)22-7-5-13(11-22)17(23)24/h1-4,6,8,10,13H,5,7,9,11H2,(H,21,25)(H,23,24). The molecule has 1 aliphatic rings. The number of carboxylic acid groups (broad SMARTS) is 1. The zero-order valence-electron chi connectivity index (χ0n) is 13.9. The second-order valence-corrected chi connectivity index (χ2v) is 5.98. The van der Waals surface area contributed by atoms with Crippen LogP contribution in [0.15, 0.2) is 42.7 Å². The first kappa shape index (κ1) is 17.7. The van der Waals surface area contributed by atoms with Crippen LogP contribution in [0, 0.1) is 11.7 Å². The van der Waals surface area contributed by atoms with Crippen LogP contribution < -0.4 is 10.1 Å². The number of benzene rings is 1. The normalized spacial score (nSPS) is 16.3. The highest BCUT2D eigenvalue weighted by Gasteiger charge is 2.30. The van der Waals surface area contributed by atoms with Gasteiger partial charge in [0.25, 0.3) is 0 Å². The SMILES string of the molecule is O=C(O)C1CCN(C(=O)NCc2ccc(Oc3cccnc3)c(F)c2)C1. The van der Waals surface area contributed by atoms with E-state index in [1.807, 2.05) is 0 Å². The van der Waals surface area contributed by atoms with E-state index in [-0.39, 0.29) is 24.9 Å². The average Bonchev–Trinajstić information content (AvgIpc) is 3.13. The van der Waals surface area contributed by atoms with E-state index in [9.17, 15) is 14.0 Å². The predicted octanol–water partition coefficient (Wildman–Crippen LogP) is 2.63. The van der Waals surface area contributed by atoms with Crippen LogP contribution in [0.4, 0.5) is 9.18 Å². The highest BCUT2D eigenvalue weighted by Crippen LogP contribution is 2.24. The number of aliphatic carboxylic acids is 1. The Morgan fingerprint density at radius 3 is 2.88 bits per heavy atom. The second-order valence-electron chi connectivity index (χ2n) is 5.98. The van der Waals surface area contributed by atoms with Gasteiger partial charge in [-0.25, -0.2) is 9.18 Å². The fraction of sp³-hybridized carbons (Fsp3) is 0.278. The van der Waals surface area contributed by atoms with Gasteiger partial charge in [0.2, 0.25) is 0 Å². The number of pyridine rings is 1. The molecule has 2 heterocycles. The van der Waals surface area contributed by atoms with E-state index in [2.05, 4.69) is 10.3 Å². The quantitative estimate of drug-likeness (QED) is 0.856. The van der Waals surface area contributed by atoms with E-state index in [1.54, 1.807) is 24.4 Å². The van der Waals surface area contributed by atoms with Gasteiger partial charge in [-0.1, -0.05) is 6.07 Å². The number of likely N-dealkylation sites (tertiary alicyclic amines) is 1. The van der Waals surface area contributed by atoms with Crippen LogP contribution >= 0.6 is 0 Å². The lowest BCUT2D eigenvalue weighted by Crippen LogP contribution is -2.38. The topological polar surface area (TPSA) is 91.8 Å². The summed E-state index contributed by atoms with van der Waals surface area (Å²) in [6.07, 6.45) is 3.51. The van der Waals surface area contributed by atoms with Crippen molar-refractivity contribution in [3.8, 4) is 11.5 Å². The summed E-state index contributed by atoms with van der Waals surface area (Å²) in [5, 5.41) is 11.6. The fourth-order valence-corrected chi connectivity index (χ4v) is 2.71. The molecule has 136 valence electrons. The Bertz CT molecular complexity index is 800. The van der Waals surface area contributed by atoms with E-state index in [0.29, 0.717) is 24.3 Å². The Labute approximate surface area is 149 Å². The molecule has 8 heteroatoms. The van der Waals surface area contributed by atoms with Crippen molar-refractivity contribution < 1.29 is 23.8 Å². The van der Waals surface area contributed by atoms with Crippen molar-refractivity contribution in [2.75, 3.05) is 13.1 Å². The molecule has 1 aromatic carbocycles. The molecular formula is C18H18FN3O4. The van der Waals surface area contributed by atoms with Crippen molar-refractivity contribution in [2.45, 2.75) is 13.0 Å². The number of rotatable bonds is 5. The first-order valence-electron chi connectivity index (χ1n) is 8.15. The Balaban J connectivity index is 1.55. The summed E-state index contributed by atoms with van der Waals surface area (Å²) in [7, 11) is 0. The predicted molar refractivity (Wildman–Crippen MR) is 90.3 cm³/mol. The molecule has 0 bridgehead atoms. The highest BCUT2D eigenvalue weighted by molar-refractivity contribution is 5.77. The number of aromatic nitrogens is 1. The zero-order valence-corrected chi connectivity index (χ0v) is 13.9. The number of carbonyl (C=O) groups excluding carboxylic acids is 1. The summed E-state index contributed by atoms with van der Waals surface area (Å²) in [5.74, 6) is -1.48. The van der Waals surface area contributed by atoms with Crippen molar-refractivity contribution in [1.29, 1.82) is 0 Å². The minimum atomic E-state index is -0.897. The molecule has 2 aromatic rings. The van der Waals surface area contributed by atoms with E-state index in [4.69, 9.17) is 9.84 Å². The number of hydrogen-bond donors (Lipinski definition) is 2. The van der Waals surface area contributed by atoms with Crippen LogP contribution in [0.2, 0.25) is 0 Å². The Morgan fingerprint density at radius 1 is 1.38 bits per heavy atom. The number of carboxylic acids is 1. The lowest BCUT2D eigenvalue weighted by Gasteiger charge is -2.17. The molecule has 1 aliphatic heterocycles. The summed E-state index contributed by atoms with van der Waals surface area (Å²) in [4.78, 5) is 28.4. The molecule has 1 fully saturated rings. The summed E-state index contributed by atoms with van der Waals surface area (Å²) >= 11 is 0. The van der Waals surface area contributed by atoms with Gasteiger partial charge in [-0.05, 0) is 36.2 Å². The molecule has 2 amide bonds. The van der Waals surface area contributed by atoms with Gasteiger partial charge in [0, 0.05) is 25.8 Å². The van der Waals surface area contributed by atoms with Gasteiger partial charge in [0.15, 0.2) is 11.6 Å². The van der Waals surface area contributed by atoms with Gasteiger partial charge in [-0.15, -0.1) is 0 Å². The minimum Gasteiger partial charge on any atom is -0.481 e. The van der Waals surface area contributed by atoms with Gasteiger partial charge in [-0.3, -0.25) is 9.78 Å². The maximum absolute atomic E-state index is 14.2. The van der Waals surface area contributed by atoms with Crippen LogP contribution in [-0.2, 0) is 11.3 Å². The summed E-state index contributed by atoms with van der Waals surface area (Å²) < 4.78 is 19.6. The van der Waals surface area contributed by atoms with Crippen molar-refractivity contribution >= 4 is 12.0 Å². The third-order valence-electron chi connectivity index (χ3n) is 4.13. The molecule has 0 spiro atoms. The molecule has 0 radical (unpaired) electrons. The Morgan fingerprint density at radius 2 is 2.23 bits per heavy atom. The molecule has 0 aliphatic carbocycles. The number of ether oxygens (including phenoxy) is 1. The first-order chi connectivity index (χ1) is 12.5.